The molecule has 3 aromatic rings. The lowest BCUT2D eigenvalue weighted by atomic mass is 10.0. The zero-order valence-electron chi connectivity index (χ0n) is 18.2. The van der Waals surface area contributed by atoms with Crippen LogP contribution in [0.4, 0.5) is 0 Å². The van der Waals surface area contributed by atoms with Gasteiger partial charge in [-0.05, 0) is 43.0 Å². The Labute approximate surface area is 178 Å². The van der Waals surface area contributed by atoms with Crippen molar-refractivity contribution in [3.05, 3.63) is 54.1 Å². The maximum atomic E-state index is 7.67. The van der Waals surface area contributed by atoms with Crippen molar-refractivity contribution >= 4 is 22.8 Å². The van der Waals surface area contributed by atoms with Crippen molar-refractivity contribution in [1.82, 2.24) is 9.97 Å². The molecule has 0 amide bonds. The molecule has 0 radical (unpaired) electrons. The van der Waals surface area contributed by atoms with Crippen molar-refractivity contribution in [2.24, 2.45) is 0 Å². The monoisotopic (exact) mass is 406 g/mol. The van der Waals surface area contributed by atoms with Crippen molar-refractivity contribution in [1.29, 1.82) is 10.8 Å². The number of rotatable bonds is 7. The van der Waals surface area contributed by atoms with Gasteiger partial charge in [0.2, 0.25) is 5.88 Å². The quantitative estimate of drug-likeness (QED) is 0.284. The predicted octanol–water partition coefficient (Wildman–Crippen LogP) is 6.04. The van der Waals surface area contributed by atoms with Gasteiger partial charge in [-0.15, -0.1) is 0 Å². The van der Waals surface area contributed by atoms with Crippen LogP contribution in [0.15, 0.2) is 48.5 Å². The first-order valence-corrected chi connectivity index (χ1v) is 10.3. The fourth-order valence-electron chi connectivity index (χ4n) is 3.04. The third-order valence-corrected chi connectivity index (χ3v) is 4.33. The summed E-state index contributed by atoms with van der Waals surface area (Å²) >= 11 is 0. The average molecular weight is 407 g/mol. The van der Waals surface area contributed by atoms with E-state index < -0.39 is 0 Å². The maximum Gasteiger partial charge on any atom is 0.240 e. The lowest BCUT2D eigenvalue weighted by Gasteiger charge is -2.10. The molecule has 0 fully saturated rings. The Hall–Kier alpha value is -3.28. The molecular weight excluding hydrogens is 376 g/mol. The van der Waals surface area contributed by atoms with Crippen LogP contribution in [0.25, 0.3) is 22.3 Å². The Morgan fingerprint density at radius 1 is 0.933 bits per heavy atom. The number of para-hydroxylation sites is 2. The van der Waals surface area contributed by atoms with Gasteiger partial charge in [0.05, 0.1) is 18.1 Å². The van der Waals surface area contributed by atoms with E-state index in [9.17, 15) is 0 Å². The Morgan fingerprint density at radius 2 is 1.63 bits per heavy atom. The van der Waals surface area contributed by atoms with Crippen LogP contribution in [-0.4, -0.2) is 28.9 Å². The van der Waals surface area contributed by atoms with Crippen molar-refractivity contribution in [3.8, 4) is 17.1 Å². The molecule has 6 nitrogen and oxygen atoms in total. The molecule has 158 valence electrons. The molecule has 0 atom stereocenters. The summed E-state index contributed by atoms with van der Waals surface area (Å²) in [6.45, 7) is 5.53. The molecule has 2 N–H and O–H groups in total. The number of fused-ring (bicyclic) bond motifs is 1. The van der Waals surface area contributed by atoms with Gasteiger partial charge in [-0.2, -0.15) is 0 Å². The van der Waals surface area contributed by atoms with Gasteiger partial charge >= 0.3 is 0 Å². The number of unbranched alkanes of at least 4 members (excludes halogenated alkanes) is 1. The van der Waals surface area contributed by atoms with Crippen molar-refractivity contribution < 1.29 is 9.47 Å². The fraction of sp³-hybridized carbons (Fsp3) is 0.333. The van der Waals surface area contributed by atoms with Crippen LogP contribution in [-0.2, 0) is 11.2 Å². The van der Waals surface area contributed by atoms with Gasteiger partial charge in [0.1, 0.15) is 5.69 Å². The highest BCUT2D eigenvalue weighted by atomic mass is 16.5. The summed E-state index contributed by atoms with van der Waals surface area (Å²) in [4.78, 5) is 9.33. The first kappa shape index (κ1) is 23.0. The van der Waals surface area contributed by atoms with Crippen LogP contribution >= 0.6 is 0 Å². The molecule has 0 saturated carbocycles. The first-order valence-electron chi connectivity index (χ1n) is 10.3. The summed E-state index contributed by atoms with van der Waals surface area (Å²) in [5.74, 6) is 0.726. The fourth-order valence-corrected chi connectivity index (χ4v) is 3.04. The van der Waals surface area contributed by atoms with Gasteiger partial charge in [0.15, 0.2) is 11.8 Å². The largest absolute Gasteiger partial charge is 0.479 e. The molecule has 0 aliphatic heterocycles. The normalized spacial score (nSPS) is 10.1. The highest BCUT2D eigenvalue weighted by Gasteiger charge is 2.12. The molecule has 1 heterocycles. The molecule has 30 heavy (non-hydrogen) atoms. The number of hydrogen-bond donors (Lipinski definition) is 2. The van der Waals surface area contributed by atoms with E-state index in [2.05, 4.69) is 17.1 Å². The zero-order chi connectivity index (χ0) is 21.9. The number of nitrogens with zero attached hydrogens (tertiary/aromatic N) is 2. The van der Waals surface area contributed by atoms with E-state index in [0.717, 1.165) is 41.6 Å². The summed E-state index contributed by atoms with van der Waals surface area (Å²) < 4.78 is 10.5. The molecule has 0 spiro atoms. The minimum atomic E-state index is 0.0585. The molecule has 0 saturated heterocycles. The topological polar surface area (TPSA) is 91.9 Å². The van der Waals surface area contributed by atoms with Crippen LogP contribution < -0.4 is 4.74 Å². The van der Waals surface area contributed by atoms with E-state index in [1.807, 2.05) is 50.2 Å². The number of benzene rings is 2. The van der Waals surface area contributed by atoms with Gasteiger partial charge in [-0.3, -0.25) is 10.8 Å². The van der Waals surface area contributed by atoms with E-state index in [0.29, 0.717) is 12.3 Å². The van der Waals surface area contributed by atoms with Gasteiger partial charge in [0.25, 0.3) is 0 Å². The molecule has 2 aromatic carbocycles. The number of methoxy groups -OCH3 is 1. The molecular formula is C24H30N4O2. The Balaban J connectivity index is 0.00000155. The van der Waals surface area contributed by atoms with E-state index in [1.165, 1.54) is 12.5 Å². The Morgan fingerprint density at radius 3 is 2.30 bits per heavy atom. The molecule has 0 unspecified atom stereocenters. The predicted molar refractivity (Wildman–Crippen MR) is 123 cm³/mol. The van der Waals surface area contributed by atoms with Crippen LogP contribution in [0, 0.1) is 10.8 Å². The van der Waals surface area contributed by atoms with Crippen LogP contribution in [0.3, 0.4) is 0 Å². The van der Waals surface area contributed by atoms with E-state index in [4.69, 9.17) is 25.3 Å². The van der Waals surface area contributed by atoms with Crippen LogP contribution in [0.2, 0.25) is 0 Å². The lowest BCUT2D eigenvalue weighted by molar-refractivity contribution is 0.400. The zero-order valence-corrected chi connectivity index (χ0v) is 18.2. The van der Waals surface area contributed by atoms with Gasteiger partial charge in [0, 0.05) is 18.9 Å². The third-order valence-electron chi connectivity index (χ3n) is 4.33. The summed E-state index contributed by atoms with van der Waals surface area (Å²) in [6, 6.07) is 16.0. The summed E-state index contributed by atoms with van der Waals surface area (Å²) in [7, 11) is 1.61. The first-order chi connectivity index (χ1) is 14.6. The summed E-state index contributed by atoms with van der Waals surface area (Å²) in [5.41, 5.74) is 4.56. The molecule has 0 bridgehead atoms. The highest BCUT2D eigenvalue weighted by molar-refractivity contribution is 5.87. The number of ether oxygens (including phenoxy) is 2. The summed E-state index contributed by atoms with van der Waals surface area (Å²) in [5, 5.41) is 14.9. The lowest BCUT2D eigenvalue weighted by Crippen LogP contribution is -2.07. The van der Waals surface area contributed by atoms with Gasteiger partial charge in [-0.25, -0.2) is 9.97 Å². The SMILES string of the molecule is CC.COc1nc2ccccc2nc1-c1cccc(CCCCC(=N)OC(C)=N)c1. The number of hydrogen-bond acceptors (Lipinski definition) is 6. The second kappa shape index (κ2) is 11.7. The van der Waals surface area contributed by atoms with Gasteiger partial charge in [-0.1, -0.05) is 44.2 Å². The smallest absolute Gasteiger partial charge is 0.240 e. The average Bonchev–Trinajstić information content (AvgIpc) is 2.77. The number of aromatic nitrogens is 2. The standard InChI is InChI=1S/C22H24N4O2.C2H6/c1-15(23)28-20(24)13-6-3-8-16-9-7-10-17(14-16)21-22(27-2)26-19-12-5-4-11-18(19)25-21;1-2/h4-5,7,9-12,14,23-24H,3,6,8,13H2,1-2H3;1-2H3. The van der Waals surface area contributed by atoms with Gasteiger partial charge < -0.3 is 9.47 Å². The minimum absolute atomic E-state index is 0.0585. The minimum Gasteiger partial charge on any atom is -0.479 e. The molecule has 0 aliphatic rings. The van der Waals surface area contributed by atoms with Crippen LogP contribution in [0.1, 0.15) is 45.6 Å². The van der Waals surface area contributed by atoms with Crippen molar-refractivity contribution in [3.63, 3.8) is 0 Å². The van der Waals surface area contributed by atoms with E-state index in [1.54, 1.807) is 7.11 Å². The van der Waals surface area contributed by atoms with Crippen molar-refractivity contribution in [2.45, 2.75) is 46.5 Å². The third kappa shape index (κ3) is 6.37. The molecule has 1 aromatic heterocycles. The Kier molecular flexibility index (Phi) is 8.94. The Bertz CT molecular complexity index is 1000. The molecule has 3 rings (SSSR count). The van der Waals surface area contributed by atoms with E-state index >= 15 is 0 Å². The number of nitrogens with one attached hydrogen (secondary N) is 2. The summed E-state index contributed by atoms with van der Waals surface area (Å²) in [6.07, 6.45) is 3.22. The second-order valence-electron chi connectivity index (χ2n) is 6.56. The van der Waals surface area contributed by atoms with Crippen LogP contribution in [0.5, 0.6) is 5.88 Å². The second-order valence-corrected chi connectivity index (χ2v) is 6.56. The number of aryl methyl sites for hydroxylation is 1. The molecule has 0 aliphatic carbocycles. The molecule has 6 heteroatoms. The highest BCUT2D eigenvalue weighted by Crippen LogP contribution is 2.29. The van der Waals surface area contributed by atoms with Crippen molar-refractivity contribution in [2.75, 3.05) is 7.11 Å². The van der Waals surface area contributed by atoms with E-state index in [-0.39, 0.29) is 11.8 Å². The maximum absolute atomic E-state index is 7.67.